The molecule has 1 aromatic rings. The van der Waals surface area contributed by atoms with Gasteiger partial charge in [0.25, 0.3) is 0 Å². The van der Waals surface area contributed by atoms with Crippen LogP contribution in [0.25, 0.3) is 11.9 Å². The molecule has 5 heteroatoms. The molecule has 0 saturated heterocycles. The van der Waals surface area contributed by atoms with Crippen molar-refractivity contribution in [1.82, 2.24) is 5.32 Å². The summed E-state index contributed by atoms with van der Waals surface area (Å²) in [5.74, 6) is -0.967. The Hall–Kier alpha value is -1.62. The number of aliphatic imine (C=N–C) groups is 1. The SMILES string of the molecule is O=C(O)C1=c2sccc2=CN=CN1. The smallest absolute Gasteiger partial charge is 0.353 e. The Morgan fingerprint density at radius 1 is 1.62 bits per heavy atom. The lowest BCUT2D eigenvalue weighted by Gasteiger charge is -1.96. The summed E-state index contributed by atoms with van der Waals surface area (Å²) < 4.78 is 0.713. The van der Waals surface area contributed by atoms with E-state index in [1.807, 2.05) is 11.4 Å². The molecule has 0 bridgehead atoms. The van der Waals surface area contributed by atoms with E-state index in [-0.39, 0.29) is 5.70 Å². The minimum atomic E-state index is -0.967. The van der Waals surface area contributed by atoms with Crippen molar-refractivity contribution in [3.63, 3.8) is 0 Å². The number of hydrogen-bond donors (Lipinski definition) is 2. The van der Waals surface area contributed by atoms with Gasteiger partial charge in [0.1, 0.15) is 5.70 Å². The predicted octanol–water partition coefficient (Wildman–Crippen LogP) is -0.690. The fourth-order valence-electron chi connectivity index (χ4n) is 1.07. The highest BCUT2D eigenvalue weighted by atomic mass is 32.1. The molecule has 66 valence electrons. The first-order chi connectivity index (χ1) is 6.29. The second-order valence-corrected chi connectivity index (χ2v) is 3.35. The van der Waals surface area contributed by atoms with Crippen LogP contribution in [0.5, 0.6) is 0 Å². The number of aliphatic carboxylic acids is 1. The normalized spacial score (nSPS) is 14.0. The fraction of sp³-hybridized carbons (Fsp3) is 0. The molecule has 13 heavy (non-hydrogen) atoms. The number of nitrogens with one attached hydrogen (secondary N) is 1. The van der Waals surface area contributed by atoms with Crippen molar-refractivity contribution >= 4 is 35.5 Å². The third-order valence-corrected chi connectivity index (χ3v) is 2.58. The molecule has 1 aromatic heterocycles. The van der Waals surface area contributed by atoms with Crippen LogP contribution in [0.4, 0.5) is 0 Å². The number of carboxylic acid groups (broad SMARTS) is 1. The number of carboxylic acids is 1. The molecule has 4 nitrogen and oxygen atoms in total. The molecule has 0 radical (unpaired) electrons. The number of hydrogen-bond acceptors (Lipinski definition) is 4. The topological polar surface area (TPSA) is 61.7 Å². The summed E-state index contributed by atoms with van der Waals surface area (Å²) in [5.41, 5.74) is 0.183. The van der Waals surface area contributed by atoms with Crippen molar-refractivity contribution < 1.29 is 9.90 Å². The molecule has 2 rings (SSSR count). The zero-order chi connectivity index (χ0) is 9.26. The van der Waals surface area contributed by atoms with Crippen LogP contribution < -0.4 is 15.1 Å². The van der Waals surface area contributed by atoms with Crippen LogP contribution in [-0.2, 0) is 4.79 Å². The monoisotopic (exact) mass is 194 g/mol. The lowest BCUT2D eigenvalue weighted by Crippen LogP contribution is -2.29. The first-order valence-electron chi connectivity index (χ1n) is 3.58. The molecule has 0 saturated carbocycles. The fourth-order valence-corrected chi connectivity index (χ4v) is 1.94. The molecule has 0 spiro atoms. The summed E-state index contributed by atoms with van der Waals surface area (Å²) in [7, 11) is 0. The molecule has 0 amide bonds. The molecule has 1 aliphatic rings. The van der Waals surface area contributed by atoms with Crippen LogP contribution >= 0.6 is 11.3 Å². The summed E-state index contributed by atoms with van der Waals surface area (Å²) in [6.45, 7) is 0. The molecule has 2 heterocycles. The molecule has 0 unspecified atom stereocenters. The Bertz CT molecular complexity index is 486. The van der Waals surface area contributed by atoms with E-state index >= 15 is 0 Å². The second kappa shape index (κ2) is 3.02. The van der Waals surface area contributed by atoms with Crippen LogP contribution in [0.1, 0.15) is 0 Å². The van der Waals surface area contributed by atoms with Gasteiger partial charge >= 0.3 is 5.97 Å². The van der Waals surface area contributed by atoms with Crippen molar-refractivity contribution in [1.29, 1.82) is 0 Å². The molecule has 0 atom stereocenters. The van der Waals surface area contributed by atoms with Gasteiger partial charge in [0.15, 0.2) is 0 Å². The summed E-state index contributed by atoms with van der Waals surface area (Å²) in [5, 5.41) is 14.2. The van der Waals surface area contributed by atoms with Gasteiger partial charge in [0.2, 0.25) is 0 Å². The van der Waals surface area contributed by atoms with Crippen molar-refractivity contribution in [2.24, 2.45) is 4.99 Å². The average Bonchev–Trinajstić information content (AvgIpc) is 2.44. The van der Waals surface area contributed by atoms with Gasteiger partial charge in [-0.05, 0) is 11.4 Å². The number of rotatable bonds is 1. The zero-order valence-electron chi connectivity index (χ0n) is 6.52. The molecular weight excluding hydrogens is 188 g/mol. The Labute approximate surface area is 77.5 Å². The maximum atomic E-state index is 10.8. The largest absolute Gasteiger partial charge is 0.477 e. The Morgan fingerprint density at radius 2 is 2.46 bits per heavy atom. The molecule has 0 aromatic carbocycles. The summed E-state index contributed by atoms with van der Waals surface area (Å²) in [4.78, 5) is 14.7. The maximum absolute atomic E-state index is 10.8. The van der Waals surface area contributed by atoms with Gasteiger partial charge in [-0.3, -0.25) is 0 Å². The lowest BCUT2D eigenvalue weighted by molar-refractivity contribution is -0.130. The Kier molecular flexibility index (Phi) is 1.86. The highest BCUT2D eigenvalue weighted by Crippen LogP contribution is 1.91. The van der Waals surface area contributed by atoms with E-state index in [0.29, 0.717) is 4.53 Å². The lowest BCUT2D eigenvalue weighted by atomic mass is 10.4. The third-order valence-electron chi connectivity index (χ3n) is 1.63. The van der Waals surface area contributed by atoms with E-state index < -0.39 is 5.97 Å². The number of carbonyl (C=O) groups is 1. The number of thiophene rings is 1. The van der Waals surface area contributed by atoms with Gasteiger partial charge in [-0.25, -0.2) is 9.79 Å². The molecular formula is C8H6N2O2S. The average molecular weight is 194 g/mol. The summed E-state index contributed by atoms with van der Waals surface area (Å²) in [6.07, 6.45) is 3.00. The van der Waals surface area contributed by atoms with Crippen molar-refractivity contribution in [3.8, 4) is 0 Å². The molecule has 0 fully saturated rings. The van der Waals surface area contributed by atoms with Gasteiger partial charge in [-0.1, -0.05) is 0 Å². The first-order valence-corrected chi connectivity index (χ1v) is 4.46. The van der Waals surface area contributed by atoms with E-state index in [1.165, 1.54) is 17.7 Å². The van der Waals surface area contributed by atoms with Crippen LogP contribution in [0, 0.1) is 0 Å². The highest BCUT2D eigenvalue weighted by molar-refractivity contribution is 7.08. The minimum absolute atomic E-state index is 0.183. The Morgan fingerprint density at radius 3 is 3.23 bits per heavy atom. The predicted molar refractivity (Wildman–Crippen MR) is 50.7 cm³/mol. The molecule has 2 N–H and O–H groups in total. The second-order valence-electron chi connectivity index (χ2n) is 2.44. The van der Waals surface area contributed by atoms with E-state index in [0.717, 1.165) is 5.22 Å². The van der Waals surface area contributed by atoms with E-state index in [9.17, 15) is 4.79 Å². The minimum Gasteiger partial charge on any atom is -0.477 e. The van der Waals surface area contributed by atoms with E-state index in [2.05, 4.69) is 10.3 Å². The van der Waals surface area contributed by atoms with Gasteiger partial charge in [-0.15, -0.1) is 11.3 Å². The molecule has 1 aliphatic heterocycles. The van der Waals surface area contributed by atoms with Crippen molar-refractivity contribution in [2.45, 2.75) is 0 Å². The van der Waals surface area contributed by atoms with Gasteiger partial charge in [0, 0.05) is 11.4 Å². The third kappa shape index (κ3) is 1.33. The number of nitrogens with zero attached hydrogens (tertiary/aromatic N) is 1. The van der Waals surface area contributed by atoms with Crippen LogP contribution in [-0.4, -0.2) is 17.4 Å². The van der Waals surface area contributed by atoms with Crippen LogP contribution in [0.3, 0.4) is 0 Å². The standard InChI is InChI=1S/C8H6N2O2S/c11-8(12)6-7-5(1-2-13-7)3-9-4-10-6/h1-4H,(H,9,10)(H,11,12). The quantitative estimate of drug-likeness (QED) is 0.622. The van der Waals surface area contributed by atoms with Gasteiger partial charge < -0.3 is 10.4 Å². The highest BCUT2D eigenvalue weighted by Gasteiger charge is 2.09. The van der Waals surface area contributed by atoms with Gasteiger partial charge in [-0.2, -0.15) is 0 Å². The van der Waals surface area contributed by atoms with Crippen LogP contribution in [0.15, 0.2) is 16.4 Å². The van der Waals surface area contributed by atoms with E-state index in [4.69, 9.17) is 5.11 Å². The van der Waals surface area contributed by atoms with Crippen molar-refractivity contribution in [3.05, 3.63) is 21.2 Å². The Balaban J connectivity index is 2.82. The number of fused-ring (bicyclic) bond motifs is 1. The van der Waals surface area contributed by atoms with Crippen LogP contribution in [0.2, 0.25) is 0 Å². The summed E-state index contributed by atoms with van der Waals surface area (Å²) >= 11 is 1.38. The van der Waals surface area contributed by atoms with E-state index in [1.54, 1.807) is 6.20 Å². The zero-order valence-corrected chi connectivity index (χ0v) is 7.34. The molecule has 0 aliphatic carbocycles. The van der Waals surface area contributed by atoms with Gasteiger partial charge in [0.05, 0.1) is 10.9 Å². The first kappa shape index (κ1) is 8.00. The maximum Gasteiger partial charge on any atom is 0.353 e. The van der Waals surface area contributed by atoms with Crippen molar-refractivity contribution in [2.75, 3.05) is 0 Å². The summed E-state index contributed by atoms with van der Waals surface area (Å²) in [6, 6.07) is 1.84.